The lowest BCUT2D eigenvalue weighted by molar-refractivity contribution is -0.173. The number of carbonyl (C=O) groups is 1. The highest BCUT2D eigenvalue weighted by molar-refractivity contribution is 9.10. The van der Waals surface area contributed by atoms with Gasteiger partial charge < -0.3 is 10.6 Å². The quantitative estimate of drug-likeness (QED) is 0.344. The van der Waals surface area contributed by atoms with E-state index >= 15 is 0 Å². The molecule has 0 spiro atoms. The van der Waals surface area contributed by atoms with Gasteiger partial charge >= 0.3 is 6.18 Å². The Morgan fingerprint density at radius 1 is 1.12 bits per heavy atom. The van der Waals surface area contributed by atoms with Gasteiger partial charge in [0.25, 0.3) is 5.91 Å². The Morgan fingerprint density at radius 3 is 2.44 bits per heavy atom. The third-order valence-electron chi connectivity index (χ3n) is 4.94. The van der Waals surface area contributed by atoms with Crippen LogP contribution in [0.1, 0.15) is 34.6 Å². The number of fused-ring (bicyclic) bond motifs is 1. The van der Waals surface area contributed by atoms with Gasteiger partial charge in [-0.05, 0) is 39.7 Å². The summed E-state index contributed by atoms with van der Waals surface area (Å²) in [6, 6.07) is 6.88. The molecule has 5 nitrogen and oxygen atoms in total. The maximum absolute atomic E-state index is 14.0. The van der Waals surface area contributed by atoms with Gasteiger partial charge in [0.05, 0.1) is 11.7 Å². The number of nitrogens with zero attached hydrogens (tertiary/aromatic N) is 2. The Hall–Kier alpha value is -2.47. The van der Waals surface area contributed by atoms with E-state index in [1.165, 1.54) is 0 Å². The standard InChI is InChI=1S/C20H13Br2F5N4O/c21-10-3-1-9(2-4-10)14-7-16(20(25,26)27)31-17(28-14)8-15(30-31)19(32)29-18-12(22)5-11(23)6-13(18)24/h1-6,8,14,16,28H,7H2,(H,29,32)/t14-,16+/m0/s1. The molecule has 1 aliphatic rings. The lowest BCUT2D eigenvalue weighted by Crippen LogP contribution is -2.35. The first-order valence-corrected chi connectivity index (χ1v) is 10.8. The van der Waals surface area contributed by atoms with Crippen molar-refractivity contribution in [3.8, 4) is 0 Å². The minimum absolute atomic E-state index is 0.00436. The Balaban J connectivity index is 1.66. The van der Waals surface area contributed by atoms with Crippen LogP contribution in [0.3, 0.4) is 0 Å². The summed E-state index contributed by atoms with van der Waals surface area (Å²) in [5.41, 5.74) is -0.0671. The van der Waals surface area contributed by atoms with E-state index in [0.29, 0.717) is 16.3 Å². The zero-order valence-electron chi connectivity index (χ0n) is 15.9. The van der Waals surface area contributed by atoms with Gasteiger partial charge in [-0.25, -0.2) is 13.5 Å². The molecule has 168 valence electrons. The number of rotatable bonds is 3. The number of nitrogens with one attached hydrogen (secondary N) is 2. The molecule has 0 unspecified atom stereocenters. The molecule has 4 rings (SSSR count). The van der Waals surface area contributed by atoms with Crippen LogP contribution in [0.25, 0.3) is 0 Å². The average Bonchev–Trinajstić information content (AvgIpc) is 3.13. The highest BCUT2D eigenvalue weighted by Crippen LogP contribution is 2.43. The van der Waals surface area contributed by atoms with Crippen molar-refractivity contribution in [1.29, 1.82) is 0 Å². The van der Waals surface area contributed by atoms with Crippen LogP contribution in [-0.2, 0) is 0 Å². The normalized spacial score (nSPS) is 18.1. The molecule has 0 fully saturated rings. The van der Waals surface area contributed by atoms with E-state index in [-0.39, 0.29) is 28.1 Å². The molecule has 2 atom stereocenters. The summed E-state index contributed by atoms with van der Waals surface area (Å²) < 4.78 is 70.1. The first-order valence-electron chi connectivity index (χ1n) is 9.17. The number of halogens is 7. The fraction of sp³-hybridized carbons (Fsp3) is 0.200. The summed E-state index contributed by atoms with van der Waals surface area (Å²) in [5.74, 6) is -2.85. The zero-order valence-corrected chi connectivity index (χ0v) is 19.0. The molecule has 0 aliphatic carbocycles. The molecular weight excluding hydrogens is 567 g/mol. The molecule has 2 aromatic carbocycles. The van der Waals surface area contributed by atoms with E-state index in [1.54, 1.807) is 24.3 Å². The van der Waals surface area contributed by atoms with Crippen LogP contribution >= 0.6 is 31.9 Å². The van der Waals surface area contributed by atoms with Gasteiger partial charge in [-0.15, -0.1) is 0 Å². The van der Waals surface area contributed by atoms with Crippen LogP contribution in [-0.4, -0.2) is 21.9 Å². The van der Waals surface area contributed by atoms with Gasteiger partial charge in [-0.3, -0.25) is 4.79 Å². The molecule has 0 bridgehead atoms. The molecule has 1 aliphatic heterocycles. The highest BCUT2D eigenvalue weighted by Gasteiger charge is 2.46. The molecule has 1 aromatic heterocycles. The fourth-order valence-corrected chi connectivity index (χ4v) is 4.21. The van der Waals surface area contributed by atoms with Crippen molar-refractivity contribution < 1.29 is 26.7 Å². The van der Waals surface area contributed by atoms with Crippen LogP contribution < -0.4 is 10.6 Å². The topological polar surface area (TPSA) is 59.0 Å². The van der Waals surface area contributed by atoms with E-state index in [4.69, 9.17) is 0 Å². The second kappa shape index (κ2) is 8.47. The Labute approximate surface area is 195 Å². The third-order valence-corrected chi connectivity index (χ3v) is 6.09. The zero-order chi connectivity index (χ0) is 23.2. The Bertz CT molecular complexity index is 1160. The third kappa shape index (κ3) is 4.51. The molecule has 3 aromatic rings. The van der Waals surface area contributed by atoms with Gasteiger partial charge in [0.1, 0.15) is 11.6 Å². The van der Waals surface area contributed by atoms with Crippen LogP contribution in [0.5, 0.6) is 0 Å². The van der Waals surface area contributed by atoms with Crippen molar-refractivity contribution in [3.05, 3.63) is 74.3 Å². The number of amides is 1. The number of alkyl halides is 3. The van der Waals surface area contributed by atoms with Gasteiger partial charge in [-0.1, -0.05) is 28.1 Å². The van der Waals surface area contributed by atoms with Crippen LogP contribution in [0.15, 0.2) is 51.4 Å². The summed E-state index contributed by atoms with van der Waals surface area (Å²) in [4.78, 5) is 12.6. The predicted molar refractivity (Wildman–Crippen MR) is 114 cm³/mol. The lowest BCUT2D eigenvalue weighted by Gasteiger charge is -2.33. The molecule has 0 saturated heterocycles. The summed E-state index contributed by atoms with van der Waals surface area (Å²) in [6.07, 6.45) is -4.95. The second-order valence-electron chi connectivity index (χ2n) is 7.10. The predicted octanol–water partition coefficient (Wildman–Crippen LogP) is 6.60. The molecule has 2 N–H and O–H groups in total. The van der Waals surface area contributed by atoms with Crippen molar-refractivity contribution in [2.75, 3.05) is 10.6 Å². The molecule has 32 heavy (non-hydrogen) atoms. The first-order chi connectivity index (χ1) is 15.0. The van der Waals surface area contributed by atoms with Gasteiger partial charge in [-0.2, -0.15) is 18.3 Å². The van der Waals surface area contributed by atoms with Crippen LogP contribution in [0.4, 0.5) is 33.5 Å². The summed E-state index contributed by atoms with van der Waals surface area (Å²) in [6.45, 7) is 0. The number of hydrogen-bond acceptors (Lipinski definition) is 3. The van der Waals surface area contributed by atoms with Gasteiger partial charge in [0.15, 0.2) is 17.6 Å². The van der Waals surface area contributed by atoms with Crippen molar-refractivity contribution in [2.45, 2.75) is 24.7 Å². The molecule has 2 heterocycles. The summed E-state index contributed by atoms with van der Waals surface area (Å²) in [7, 11) is 0. The monoisotopic (exact) mass is 578 g/mol. The average molecular weight is 580 g/mol. The molecule has 1 amide bonds. The van der Waals surface area contributed by atoms with E-state index in [2.05, 4.69) is 47.6 Å². The molecular formula is C20H13Br2F5N4O. The summed E-state index contributed by atoms with van der Waals surface area (Å²) >= 11 is 6.24. The smallest absolute Gasteiger partial charge is 0.363 e. The second-order valence-corrected chi connectivity index (χ2v) is 8.87. The summed E-state index contributed by atoms with van der Waals surface area (Å²) in [5, 5.41) is 9.01. The van der Waals surface area contributed by atoms with Crippen molar-refractivity contribution in [1.82, 2.24) is 9.78 Å². The number of benzene rings is 2. The van der Waals surface area contributed by atoms with Crippen LogP contribution in [0, 0.1) is 11.6 Å². The molecule has 12 heteroatoms. The van der Waals surface area contributed by atoms with E-state index < -0.39 is 35.8 Å². The largest absolute Gasteiger partial charge is 0.410 e. The number of aromatic nitrogens is 2. The number of anilines is 2. The molecule has 0 saturated carbocycles. The fourth-order valence-electron chi connectivity index (χ4n) is 3.44. The van der Waals surface area contributed by atoms with E-state index in [0.717, 1.165) is 16.6 Å². The van der Waals surface area contributed by atoms with Crippen molar-refractivity contribution >= 4 is 49.3 Å². The van der Waals surface area contributed by atoms with E-state index in [1.807, 2.05) is 0 Å². The van der Waals surface area contributed by atoms with Gasteiger partial charge in [0, 0.05) is 27.5 Å². The SMILES string of the molecule is O=C(Nc1c(F)cc(F)cc1Br)c1cc2n(n1)[C@@H](C(F)(F)F)C[C@@H](c1ccc(Br)cc1)N2. The van der Waals surface area contributed by atoms with E-state index in [9.17, 15) is 26.7 Å². The maximum Gasteiger partial charge on any atom is 0.410 e. The maximum atomic E-state index is 14.0. The van der Waals surface area contributed by atoms with Crippen molar-refractivity contribution in [2.24, 2.45) is 0 Å². The Morgan fingerprint density at radius 2 is 1.81 bits per heavy atom. The van der Waals surface area contributed by atoms with Crippen LogP contribution in [0.2, 0.25) is 0 Å². The van der Waals surface area contributed by atoms with Gasteiger partial charge in [0.2, 0.25) is 0 Å². The first kappa shape index (κ1) is 22.7. The minimum Gasteiger partial charge on any atom is -0.363 e. The number of carbonyl (C=O) groups excluding carboxylic acids is 1. The number of hydrogen-bond donors (Lipinski definition) is 2. The minimum atomic E-state index is -4.61. The highest BCUT2D eigenvalue weighted by atomic mass is 79.9. The lowest BCUT2D eigenvalue weighted by atomic mass is 9.97. The Kier molecular flexibility index (Phi) is 6.01. The van der Waals surface area contributed by atoms with Crippen molar-refractivity contribution in [3.63, 3.8) is 0 Å². The molecule has 0 radical (unpaired) electrons.